The minimum atomic E-state index is -0.345. The smallest absolute Gasteiger partial charge is 0.248 e. The number of morpholine rings is 1. The number of carbonyl (C=O) groups excluding carboxylic acids is 1. The molecule has 3 rings (SSSR count). The number of hydrogen-bond acceptors (Lipinski definition) is 3. The van der Waals surface area contributed by atoms with Gasteiger partial charge in [-0.1, -0.05) is 29.8 Å². The zero-order valence-corrected chi connectivity index (χ0v) is 14.2. The maximum Gasteiger partial charge on any atom is 0.248 e. The van der Waals surface area contributed by atoms with Crippen LogP contribution >= 0.6 is 0 Å². The molecule has 1 heterocycles. The molecule has 0 saturated carbocycles. The number of benzene rings is 2. The number of aryl methyl sites for hydroxylation is 1. The molecule has 1 amide bonds. The topological polar surface area (TPSA) is 41.6 Å². The van der Waals surface area contributed by atoms with Crippen LogP contribution < -0.4 is 10.2 Å². The zero-order valence-electron chi connectivity index (χ0n) is 14.2. The molecule has 25 heavy (non-hydrogen) atoms. The highest BCUT2D eigenvalue weighted by Gasteiger charge is 2.15. The monoisotopic (exact) mass is 340 g/mol. The second kappa shape index (κ2) is 7.94. The van der Waals surface area contributed by atoms with Crippen LogP contribution in [0.3, 0.4) is 0 Å². The predicted octanol–water partition coefficient (Wildman–Crippen LogP) is 3.62. The third kappa shape index (κ3) is 4.67. The van der Waals surface area contributed by atoms with E-state index in [0.717, 1.165) is 11.1 Å². The molecule has 1 saturated heterocycles. The lowest BCUT2D eigenvalue weighted by molar-refractivity contribution is -0.111. The number of anilines is 2. The number of nitrogens with one attached hydrogen (secondary N) is 1. The molecule has 2 aromatic rings. The van der Waals surface area contributed by atoms with Crippen LogP contribution in [0, 0.1) is 12.7 Å². The van der Waals surface area contributed by atoms with Crippen molar-refractivity contribution >= 4 is 23.4 Å². The van der Waals surface area contributed by atoms with Gasteiger partial charge in [0.2, 0.25) is 5.91 Å². The molecule has 2 aromatic carbocycles. The van der Waals surface area contributed by atoms with E-state index in [1.165, 1.54) is 12.1 Å². The summed E-state index contributed by atoms with van der Waals surface area (Å²) < 4.78 is 19.6. The average Bonchev–Trinajstić information content (AvgIpc) is 2.62. The number of nitrogens with zero attached hydrogens (tertiary/aromatic N) is 1. The summed E-state index contributed by atoms with van der Waals surface area (Å²) in [6, 6.07) is 12.6. The first-order valence-corrected chi connectivity index (χ1v) is 8.30. The second-order valence-electron chi connectivity index (χ2n) is 6.00. The van der Waals surface area contributed by atoms with Gasteiger partial charge in [0.15, 0.2) is 0 Å². The van der Waals surface area contributed by atoms with Gasteiger partial charge in [0.05, 0.1) is 18.9 Å². The van der Waals surface area contributed by atoms with Crippen LogP contribution in [0.4, 0.5) is 15.8 Å². The summed E-state index contributed by atoms with van der Waals surface area (Å²) in [6.07, 6.45) is 3.17. The molecule has 1 fully saturated rings. The Kier molecular flexibility index (Phi) is 5.46. The van der Waals surface area contributed by atoms with E-state index < -0.39 is 0 Å². The van der Waals surface area contributed by atoms with E-state index in [4.69, 9.17) is 4.74 Å². The van der Waals surface area contributed by atoms with Gasteiger partial charge in [-0.25, -0.2) is 4.39 Å². The van der Waals surface area contributed by atoms with Gasteiger partial charge >= 0.3 is 0 Å². The fraction of sp³-hybridized carbons (Fsp3) is 0.250. The number of ether oxygens (including phenoxy) is 1. The SMILES string of the molecule is Cc1ccc(/C=C/C(=O)Nc2ccc(N3CCOCC3)c(F)c2)cc1. The van der Waals surface area contributed by atoms with Gasteiger partial charge in [-0.2, -0.15) is 0 Å². The fourth-order valence-electron chi connectivity index (χ4n) is 2.68. The van der Waals surface area contributed by atoms with Gasteiger partial charge in [0, 0.05) is 24.9 Å². The molecule has 0 spiro atoms. The molecule has 0 radical (unpaired) electrons. The predicted molar refractivity (Wildman–Crippen MR) is 98.3 cm³/mol. The van der Waals surface area contributed by atoms with Gasteiger partial charge in [-0.3, -0.25) is 4.79 Å². The lowest BCUT2D eigenvalue weighted by Crippen LogP contribution is -2.36. The summed E-state index contributed by atoms with van der Waals surface area (Å²) in [5, 5.41) is 2.69. The number of amides is 1. The number of rotatable bonds is 4. The first-order chi connectivity index (χ1) is 12.1. The van der Waals surface area contributed by atoms with Gasteiger partial charge in [0.1, 0.15) is 5.82 Å². The Labute approximate surface area is 146 Å². The Balaban J connectivity index is 1.63. The number of hydrogen-bond donors (Lipinski definition) is 1. The third-order valence-electron chi connectivity index (χ3n) is 4.07. The van der Waals surface area contributed by atoms with Crippen LogP contribution in [0.1, 0.15) is 11.1 Å². The molecule has 4 nitrogen and oxygen atoms in total. The Bertz CT molecular complexity index is 766. The van der Waals surface area contributed by atoms with Crippen LogP contribution in [0.2, 0.25) is 0 Å². The van der Waals surface area contributed by atoms with Crippen molar-refractivity contribution in [3.63, 3.8) is 0 Å². The van der Waals surface area contributed by atoms with Crippen molar-refractivity contribution in [1.82, 2.24) is 0 Å². The van der Waals surface area contributed by atoms with E-state index in [-0.39, 0.29) is 11.7 Å². The van der Waals surface area contributed by atoms with Crippen molar-refractivity contribution in [1.29, 1.82) is 0 Å². The van der Waals surface area contributed by atoms with Crippen LogP contribution in [0.25, 0.3) is 6.08 Å². The minimum Gasteiger partial charge on any atom is -0.378 e. The molecule has 1 aliphatic heterocycles. The quantitative estimate of drug-likeness (QED) is 0.865. The van der Waals surface area contributed by atoms with E-state index in [1.54, 1.807) is 18.2 Å². The largest absolute Gasteiger partial charge is 0.378 e. The van der Waals surface area contributed by atoms with Crippen LogP contribution in [-0.4, -0.2) is 32.2 Å². The molecule has 0 atom stereocenters. The minimum absolute atomic E-state index is 0.293. The normalized spacial score (nSPS) is 14.7. The van der Waals surface area contributed by atoms with E-state index in [0.29, 0.717) is 37.7 Å². The van der Waals surface area contributed by atoms with Gasteiger partial charge in [0.25, 0.3) is 0 Å². The highest BCUT2D eigenvalue weighted by atomic mass is 19.1. The molecule has 0 aromatic heterocycles. The molecular formula is C20H21FN2O2. The second-order valence-corrected chi connectivity index (χ2v) is 6.00. The summed E-state index contributed by atoms with van der Waals surface area (Å²) in [7, 11) is 0. The summed E-state index contributed by atoms with van der Waals surface area (Å²) in [5.74, 6) is -0.638. The van der Waals surface area contributed by atoms with E-state index in [9.17, 15) is 9.18 Å². The average molecular weight is 340 g/mol. The van der Waals surface area contributed by atoms with E-state index in [2.05, 4.69) is 5.32 Å². The highest BCUT2D eigenvalue weighted by molar-refractivity contribution is 6.02. The third-order valence-corrected chi connectivity index (χ3v) is 4.07. The van der Waals surface area contributed by atoms with Crippen LogP contribution in [0.15, 0.2) is 48.5 Å². The summed E-state index contributed by atoms with van der Waals surface area (Å²) in [6.45, 7) is 4.54. The van der Waals surface area contributed by atoms with Crippen molar-refractivity contribution in [3.05, 3.63) is 65.5 Å². The van der Waals surface area contributed by atoms with Crippen molar-refractivity contribution in [2.45, 2.75) is 6.92 Å². The van der Waals surface area contributed by atoms with Crippen LogP contribution in [-0.2, 0) is 9.53 Å². The molecule has 0 bridgehead atoms. The molecule has 130 valence electrons. The highest BCUT2D eigenvalue weighted by Crippen LogP contribution is 2.23. The molecule has 0 unspecified atom stereocenters. The molecule has 0 aliphatic carbocycles. The van der Waals surface area contributed by atoms with E-state index in [1.807, 2.05) is 36.1 Å². The Morgan fingerprint density at radius 3 is 2.56 bits per heavy atom. The van der Waals surface area contributed by atoms with Gasteiger partial charge in [-0.05, 0) is 36.8 Å². The van der Waals surface area contributed by atoms with Crippen molar-refractivity contribution in [2.24, 2.45) is 0 Å². The van der Waals surface area contributed by atoms with Crippen molar-refractivity contribution in [2.75, 3.05) is 36.5 Å². The first kappa shape index (κ1) is 17.2. The van der Waals surface area contributed by atoms with Gasteiger partial charge in [-0.15, -0.1) is 0 Å². The van der Waals surface area contributed by atoms with Crippen LogP contribution in [0.5, 0.6) is 0 Å². The lowest BCUT2D eigenvalue weighted by atomic mass is 10.1. The van der Waals surface area contributed by atoms with Crippen molar-refractivity contribution in [3.8, 4) is 0 Å². The summed E-state index contributed by atoms with van der Waals surface area (Å²) in [5.41, 5.74) is 3.08. The first-order valence-electron chi connectivity index (χ1n) is 8.30. The zero-order chi connectivity index (χ0) is 17.6. The van der Waals surface area contributed by atoms with Crippen molar-refractivity contribution < 1.29 is 13.9 Å². The summed E-state index contributed by atoms with van der Waals surface area (Å²) in [4.78, 5) is 13.9. The molecule has 1 aliphatic rings. The Morgan fingerprint density at radius 2 is 1.88 bits per heavy atom. The molecular weight excluding hydrogens is 319 g/mol. The lowest BCUT2D eigenvalue weighted by Gasteiger charge is -2.29. The Hall–Kier alpha value is -2.66. The molecule has 1 N–H and O–H groups in total. The molecule has 5 heteroatoms. The standard InChI is InChI=1S/C20H21FN2O2/c1-15-2-4-16(5-3-15)6-9-20(24)22-17-7-8-19(18(21)14-17)23-10-12-25-13-11-23/h2-9,14H,10-13H2,1H3,(H,22,24)/b9-6+. The van der Waals surface area contributed by atoms with E-state index >= 15 is 0 Å². The number of carbonyl (C=O) groups is 1. The van der Waals surface area contributed by atoms with Gasteiger partial charge < -0.3 is 15.0 Å². The maximum atomic E-state index is 14.3. The fourth-order valence-corrected chi connectivity index (χ4v) is 2.68. The summed E-state index contributed by atoms with van der Waals surface area (Å²) >= 11 is 0. The maximum absolute atomic E-state index is 14.3. The Morgan fingerprint density at radius 1 is 1.16 bits per heavy atom. The number of halogens is 1.